The summed E-state index contributed by atoms with van der Waals surface area (Å²) in [5, 5.41) is 3.57. The quantitative estimate of drug-likeness (QED) is 0.863. The van der Waals surface area contributed by atoms with Gasteiger partial charge >= 0.3 is 0 Å². The predicted molar refractivity (Wildman–Crippen MR) is 88.7 cm³/mol. The first-order valence-electron chi connectivity index (χ1n) is 8.34. The van der Waals surface area contributed by atoms with Gasteiger partial charge in [0.25, 0.3) is 5.92 Å². The van der Waals surface area contributed by atoms with Gasteiger partial charge in [-0.1, -0.05) is 0 Å². The van der Waals surface area contributed by atoms with Gasteiger partial charge in [-0.25, -0.2) is 18.7 Å². The molecule has 7 nitrogen and oxygen atoms in total. The lowest BCUT2D eigenvalue weighted by Gasteiger charge is -2.38. The zero-order chi connectivity index (χ0) is 17.7. The third kappa shape index (κ3) is 2.29. The SMILES string of the molecule is CNCC(=O)N1CCC(F)(F)C12CCN(c1ncnc3[nH]ccc13)C2. The van der Waals surface area contributed by atoms with Crippen LogP contribution in [-0.2, 0) is 4.79 Å². The second kappa shape index (κ2) is 5.62. The van der Waals surface area contributed by atoms with Crippen molar-refractivity contribution in [2.45, 2.75) is 24.3 Å². The number of carbonyl (C=O) groups excluding carboxylic acids is 1. The number of amides is 1. The van der Waals surface area contributed by atoms with Crippen molar-refractivity contribution in [3.05, 3.63) is 18.6 Å². The molecule has 2 aliphatic rings. The molecule has 0 saturated carbocycles. The molecule has 2 N–H and O–H groups in total. The number of likely N-dealkylation sites (tertiary alicyclic amines) is 1. The van der Waals surface area contributed by atoms with E-state index in [2.05, 4.69) is 20.3 Å². The topological polar surface area (TPSA) is 77.2 Å². The van der Waals surface area contributed by atoms with Crippen molar-refractivity contribution in [3.8, 4) is 0 Å². The van der Waals surface area contributed by atoms with Crippen LogP contribution >= 0.6 is 0 Å². The Morgan fingerprint density at radius 2 is 2.20 bits per heavy atom. The molecule has 25 heavy (non-hydrogen) atoms. The molecule has 134 valence electrons. The Labute approximate surface area is 143 Å². The van der Waals surface area contributed by atoms with Gasteiger partial charge in [-0.2, -0.15) is 0 Å². The maximum atomic E-state index is 14.8. The largest absolute Gasteiger partial charge is 0.353 e. The van der Waals surface area contributed by atoms with E-state index in [1.54, 1.807) is 13.2 Å². The molecule has 1 atom stereocenters. The molecule has 4 rings (SSSR count). The maximum absolute atomic E-state index is 14.8. The van der Waals surface area contributed by atoms with Gasteiger partial charge in [0.15, 0.2) is 0 Å². The van der Waals surface area contributed by atoms with E-state index in [-0.39, 0.29) is 38.4 Å². The minimum Gasteiger partial charge on any atom is -0.353 e. The highest BCUT2D eigenvalue weighted by atomic mass is 19.3. The number of H-pyrrole nitrogens is 1. The number of nitrogens with one attached hydrogen (secondary N) is 2. The lowest BCUT2D eigenvalue weighted by Crippen LogP contribution is -2.58. The molecule has 1 amide bonds. The van der Waals surface area contributed by atoms with Crippen LogP contribution in [0.4, 0.5) is 14.6 Å². The normalized spacial score (nSPS) is 25.4. The number of likely N-dealkylation sites (N-methyl/N-ethyl adjacent to an activating group) is 1. The monoisotopic (exact) mass is 350 g/mol. The van der Waals surface area contributed by atoms with E-state index >= 15 is 0 Å². The van der Waals surface area contributed by atoms with E-state index in [1.807, 2.05) is 11.0 Å². The van der Waals surface area contributed by atoms with Crippen LogP contribution in [0.3, 0.4) is 0 Å². The second-order valence-electron chi connectivity index (χ2n) is 6.67. The Bertz CT molecular complexity index is 809. The molecular weight excluding hydrogens is 330 g/mol. The molecule has 2 saturated heterocycles. The minimum absolute atomic E-state index is 0.0629. The summed E-state index contributed by atoms with van der Waals surface area (Å²) in [6.07, 6.45) is 3.11. The fourth-order valence-electron chi connectivity index (χ4n) is 4.11. The first-order valence-corrected chi connectivity index (χ1v) is 8.34. The van der Waals surface area contributed by atoms with Crippen molar-refractivity contribution < 1.29 is 13.6 Å². The molecule has 0 bridgehead atoms. The van der Waals surface area contributed by atoms with Crippen LogP contribution in [0.2, 0.25) is 0 Å². The van der Waals surface area contributed by atoms with Crippen molar-refractivity contribution >= 4 is 22.8 Å². The van der Waals surface area contributed by atoms with Crippen molar-refractivity contribution in [2.24, 2.45) is 0 Å². The van der Waals surface area contributed by atoms with Crippen LogP contribution in [-0.4, -0.2) is 70.4 Å². The standard InChI is InChI=1S/C16H20F2N6O/c1-19-8-12(25)24-7-4-16(17,18)15(24)3-6-23(9-15)14-11-2-5-20-13(11)21-10-22-14/h2,5,10,19H,3-4,6-9H2,1H3,(H,20,21,22). The lowest BCUT2D eigenvalue weighted by molar-refractivity contribution is -0.143. The summed E-state index contributed by atoms with van der Waals surface area (Å²) in [5.74, 6) is -2.56. The molecule has 2 aromatic heterocycles. The average Bonchev–Trinajstić information content (AvgIpc) is 3.27. The van der Waals surface area contributed by atoms with Crippen LogP contribution in [0.15, 0.2) is 18.6 Å². The molecule has 1 unspecified atom stereocenters. The van der Waals surface area contributed by atoms with E-state index in [0.717, 1.165) is 5.39 Å². The first kappa shape index (κ1) is 16.2. The van der Waals surface area contributed by atoms with Gasteiger partial charge in [0.2, 0.25) is 5.91 Å². The van der Waals surface area contributed by atoms with Gasteiger partial charge in [0, 0.05) is 32.3 Å². The smallest absolute Gasteiger partial charge is 0.274 e. The van der Waals surface area contributed by atoms with Gasteiger partial charge in [0.05, 0.1) is 11.9 Å². The summed E-state index contributed by atoms with van der Waals surface area (Å²) < 4.78 is 29.6. The number of hydrogen-bond acceptors (Lipinski definition) is 5. The Kier molecular flexibility index (Phi) is 3.64. The van der Waals surface area contributed by atoms with E-state index in [9.17, 15) is 13.6 Å². The Morgan fingerprint density at radius 3 is 3.00 bits per heavy atom. The second-order valence-corrected chi connectivity index (χ2v) is 6.67. The highest BCUT2D eigenvalue weighted by Gasteiger charge is 2.65. The minimum atomic E-state index is -2.91. The van der Waals surface area contributed by atoms with Crippen molar-refractivity contribution in [2.75, 3.05) is 38.1 Å². The number of carbonyl (C=O) groups is 1. The molecule has 2 aromatic rings. The van der Waals surface area contributed by atoms with E-state index < -0.39 is 11.5 Å². The Balaban J connectivity index is 1.69. The number of nitrogens with zero attached hydrogens (tertiary/aromatic N) is 4. The molecule has 0 aromatic carbocycles. The number of aromatic amines is 1. The molecular formula is C16H20F2N6O. The number of hydrogen-bond donors (Lipinski definition) is 2. The molecule has 4 heterocycles. The Morgan fingerprint density at radius 1 is 1.36 bits per heavy atom. The first-order chi connectivity index (χ1) is 12.0. The third-order valence-corrected chi connectivity index (χ3v) is 5.36. The summed E-state index contributed by atoms with van der Waals surface area (Å²) in [4.78, 5) is 27.1. The molecule has 2 aliphatic heterocycles. The number of fused-ring (bicyclic) bond motifs is 1. The van der Waals surface area contributed by atoms with E-state index in [1.165, 1.54) is 11.2 Å². The highest BCUT2D eigenvalue weighted by molar-refractivity contribution is 5.87. The summed E-state index contributed by atoms with van der Waals surface area (Å²) >= 11 is 0. The van der Waals surface area contributed by atoms with Crippen LogP contribution in [0.25, 0.3) is 11.0 Å². The van der Waals surface area contributed by atoms with Gasteiger partial charge < -0.3 is 20.1 Å². The zero-order valence-corrected chi connectivity index (χ0v) is 13.9. The van der Waals surface area contributed by atoms with Crippen molar-refractivity contribution in [1.82, 2.24) is 25.2 Å². The Hall–Kier alpha value is -2.29. The summed E-state index contributed by atoms with van der Waals surface area (Å²) in [5.41, 5.74) is -0.790. The van der Waals surface area contributed by atoms with Crippen LogP contribution < -0.4 is 10.2 Å². The van der Waals surface area contributed by atoms with E-state index in [4.69, 9.17) is 0 Å². The molecule has 2 fully saturated rings. The number of halogens is 2. The molecule has 1 spiro atoms. The lowest BCUT2D eigenvalue weighted by atomic mass is 9.91. The third-order valence-electron chi connectivity index (χ3n) is 5.36. The fraction of sp³-hybridized carbons (Fsp3) is 0.562. The molecule has 0 aliphatic carbocycles. The van der Waals surface area contributed by atoms with Gasteiger partial charge in [0.1, 0.15) is 23.3 Å². The van der Waals surface area contributed by atoms with Crippen LogP contribution in [0.5, 0.6) is 0 Å². The number of aromatic nitrogens is 3. The number of rotatable bonds is 3. The maximum Gasteiger partial charge on any atom is 0.274 e. The molecule has 9 heteroatoms. The van der Waals surface area contributed by atoms with E-state index in [0.29, 0.717) is 18.0 Å². The van der Waals surface area contributed by atoms with Gasteiger partial charge in [-0.15, -0.1) is 0 Å². The zero-order valence-electron chi connectivity index (χ0n) is 13.9. The fourth-order valence-corrected chi connectivity index (χ4v) is 4.11. The van der Waals surface area contributed by atoms with Crippen LogP contribution in [0, 0.1) is 0 Å². The predicted octanol–water partition coefficient (Wildman–Crippen LogP) is 0.994. The molecule has 0 radical (unpaired) electrons. The van der Waals surface area contributed by atoms with Crippen molar-refractivity contribution in [1.29, 1.82) is 0 Å². The van der Waals surface area contributed by atoms with Gasteiger partial charge in [-0.05, 0) is 19.5 Å². The average molecular weight is 350 g/mol. The van der Waals surface area contributed by atoms with Crippen molar-refractivity contribution in [3.63, 3.8) is 0 Å². The van der Waals surface area contributed by atoms with Crippen LogP contribution in [0.1, 0.15) is 12.8 Å². The highest BCUT2D eigenvalue weighted by Crippen LogP contribution is 2.49. The summed E-state index contributed by atoms with van der Waals surface area (Å²) in [7, 11) is 1.64. The number of alkyl halides is 2. The number of anilines is 1. The summed E-state index contributed by atoms with van der Waals surface area (Å²) in [6.45, 7) is 0.654. The van der Waals surface area contributed by atoms with Gasteiger partial charge in [-0.3, -0.25) is 4.79 Å². The summed E-state index contributed by atoms with van der Waals surface area (Å²) in [6, 6.07) is 1.84.